The fourth-order valence-electron chi connectivity index (χ4n) is 4.38. The number of carbonyl (C=O) groups excluding carboxylic acids is 1. The summed E-state index contributed by atoms with van der Waals surface area (Å²) in [5.74, 6) is -0.0250. The number of amides is 1. The lowest BCUT2D eigenvalue weighted by molar-refractivity contribution is 0.0895. The number of carbonyl (C=O) groups is 1. The van der Waals surface area contributed by atoms with E-state index in [1.165, 1.54) is 0 Å². The van der Waals surface area contributed by atoms with E-state index < -0.39 is 16.9 Å². The predicted octanol–water partition coefficient (Wildman–Crippen LogP) is 4.39. The smallest absolute Gasteiger partial charge is 0.349 e. The lowest BCUT2D eigenvalue weighted by atomic mass is 9.80. The van der Waals surface area contributed by atoms with Crippen molar-refractivity contribution in [2.75, 3.05) is 11.9 Å². The zero-order valence-electron chi connectivity index (χ0n) is 16.5. The monoisotopic (exact) mass is 392 g/mol. The first kappa shape index (κ1) is 19.4. The number of nitrogens with one attached hydrogen (secondary N) is 1. The van der Waals surface area contributed by atoms with Crippen molar-refractivity contribution < 1.29 is 13.9 Å². The molecular weight excluding hydrogens is 368 g/mol. The van der Waals surface area contributed by atoms with Crippen molar-refractivity contribution in [3.05, 3.63) is 63.2 Å². The molecule has 0 spiro atoms. The minimum Gasteiger partial charge on any atom is -0.424 e. The molecule has 1 aliphatic heterocycles. The summed E-state index contributed by atoms with van der Waals surface area (Å²) in [5, 5.41) is 12.4. The highest BCUT2D eigenvalue weighted by atomic mass is 16.5. The number of anilines is 1. The van der Waals surface area contributed by atoms with E-state index in [1.54, 1.807) is 25.1 Å². The normalized spacial score (nSPS) is 20.3. The van der Waals surface area contributed by atoms with E-state index in [4.69, 9.17) is 9.15 Å². The van der Waals surface area contributed by atoms with Crippen LogP contribution >= 0.6 is 0 Å². The summed E-state index contributed by atoms with van der Waals surface area (Å²) in [4.78, 5) is 25.1. The maximum absolute atomic E-state index is 12.7. The second kappa shape index (κ2) is 7.84. The van der Waals surface area contributed by atoms with E-state index in [2.05, 4.69) is 11.4 Å². The Balaban J connectivity index is 1.52. The second-order valence-electron chi connectivity index (χ2n) is 7.93. The molecule has 1 saturated carbocycles. The molecule has 6 heteroatoms. The van der Waals surface area contributed by atoms with Gasteiger partial charge in [-0.1, -0.05) is 25.0 Å². The molecule has 2 aliphatic rings. The fraction of sp³-hybridized carbons (Fsp3) is 0.435. The molecule has 1 aromatic heterocycles. The first-order chi connectivity index (χ1) is 14.0. The Hall–Kier alpha value is -2.91. The number of hydrogen-bond donors (Lipinski definition) is 1. The lowest BCUT2D eigenvalue weighted by Gasteiger charge is -2.21. The van der Waals surface area contributed by atoms with Crippen LogP contribution in [-0.4, -0.2) is 12.5 Å². The molecule has 2 heterocycles. The molecule has 2 fully saturated rings. The largest absolute Gasteiger partial charge is 0.424 e. The Morgan fingerprint density at radius 2 is 1.93 bits per heavy atom. The van der Waals surface area contributed by atoms with Crippen LogP contribution in [0.5, 0.6) is 0 Å². The highest BCUT2D eigenvalue weighted by molar-refractivity contribution is 6.04. The molecule has 29 heavy (non-hydrogen) atoms. The van der Waals surface area contributed by atoms with Crippen LogP contribution in [0.1, 0.15) is 71.9 Å². The summed E-state index contributed by atoms with van der Waals surface area (Å²) in [6.45, 7) is 2.38. The second-order valence-corrected chi connectivity index (χ2v) is 7.93. The van der Waals surface area contributed by atoms with Gasteiger partial charge in [0.2, 0.25) is 0 Å². The Bertz CT molecular complexity index is 1000. The summed E-state index contributed by atoms with van der Waals surface area (Å²) < 4.78 is 10.9. The number of benzene rings is 1. The highest BCUT2D eigenvalue weighted by Gasteiger charge is 2.35. The summed E-state index contributed by atoms with van der Waals surface area (Å²) >= 11 is 0. The number of ether oxygens (including phenoxy) is 1. The summed E-state index contributed by atoms with van der Waals surface area (Å²) in [6.07, 6.45) is 5.38. The molecule has 0 radical (unpaired) electrons. The average molecular weight is 392 g/mol. The number of rotatable bonds is 4. The lowest BCUT2D eigenvalue weighted by Crippen LogP contribution is -2.23. The van der Waals surface area contributed by atoms with Crippen LogP contribution in [0.25, 0.3) is 0 Å². The van der Waals surface area contributed by atoms with Crippen LogP contribution in [-0.2, 0) is 10.2 Å². The van der Waals surface area contributed by atoms with Gasteiger partial charge in [0.1, 0.15) is 17.4 Å². The van der Waals surface area contributed by atoms with Crippen LogP contribution in [0.15, 0.2) is 39.5 Å². The minimum absolute atomic E-state index is 0.000103. The third-order valence-corrected chi connectivity index (χ3v) is 6.01. The van der Waals surface area contributed by atoms with E-state index in [0.717, 1.165) is 44.1 Å². The van der Waals surface area contributed by atoms with Crippen molar-refractivity contribution in [3.8, 4) is 6.07 Å². The SMILES string of the molecule is Cc1cc(C2CCCO2)oc(=O)c1C(=O)Nc1ccc(C2(C#N)CCCC2)cc1. The molecule has 0 bridgehead atoms. The first-order valence-electron chi connectivity index (χ1n) is 10.1. The van der Waals surface area contributed by atoms with E-state index >= 15 is 0 Å². The van der Waals surface area contributed by atoms with Gasteiger partial charge in [0.15, 0.2) is 0 Å². The van der Waals surface area contributed by atoms with Crippen LogP contribution in [0.4, 0.5) is 5.69 Å². The topological polar surface area (TPSA) is 92.3 Å². The third kappa shape index (κ3) is 3.70. The van der Waals surface area contributed by atoms with E-state index in [0.29, 0.717) is 23.6 Å². The fourth-order valence-corrected chi connectivity index (χ4v) is 4.38. The van der Waals surface area contributed by atoms with Gasteiger partial charge in [-0.2, -0.15) is 5.26 Å². The Morgan fingerprint density at radius 3 is 2.52 bits per heavy atom. The van der Waals surface area contributed by atoms with Gasteiger partial charge in [-0.3, -0.25) is 4.79 Å². The maximum atomic E-state index is 12.7. The van der Waals surface area contributed by atoms with Crippen LogP contribution in [0.3, 0.4) is 0 Å². The number of hydrogen-bond acceptors (Lipinski definition) is 5. The third-order valence-electron chi connectivity index (χ3n) is 6.01. The van der Waals surface area contributed by atoms with Crippen molar-refractivity contribution in [3.63, 3.8) is 0 Å². The molecule has 1 N–H and O–H groups in total. The zero-order valence-corrected chi connectivity index (χ0v) is 16.5. The van der Waals surface area contributed by atoms with Gasteiger partial charge in [0, 0.05) is 12.3 Å². The molecule has 150 valence electrons. The minimum atomic E-state index is -0.654. The van der Waals surface area contributed by atoms with Crippen molar-refractivity contribution >= 4 is 11.6 Å². The predicted molar refractivity (Wildman–Crippen MR) is 108 cm³/mol. The molecule has 2 aromatic rings. The van der Waals surface area contributed by atoms with Gasteiger partial charge in [-0.25, -0.2) is 4.79 Å². The molecular formula is C23H24N2O4. The summed E-state index contributed by atoms with van der Waals surface area (Å²) in [6, 6.07) is 11.5. The molecule has 1 amide bonds. The first-order valence-corrected chi connectivity index (χ1v) is 10.1. The highest BCUT2D eigenvalue weighted by Crippen LogP contribution is 2.40. The van der Waals surface area contributed by atoms with Crippen molar-refractivity contribution in [1.29, 1.82) is 5.26 Å². The van der Waals surface area contributed by atoms with Gasteiger partial charge in [-0.05, 0) is 61.9 Å². The molecule has 1 aromatic carbocycles. The van der Waals surface area contributed by atoms with E-state index in [-0.39, 0.29) is 11.7 Å². The number of aryl methyl sites for hydroxylation is 1. The van der Waals surface area contributed by atoms with Crippen molar-refractivity contribution in [1.82, 2.24) is 0 Å². The van der Waals surface area contributed by atoms with Gasteiger partial charge in [0.25, 0.3) is 5.91 Å². The molecule has 4 rings (SSSR count). The van der Waals surface area contributed by atoms with Crippen molar-refractivity contribution in [2.45, 2.75) is 57.0 Å². The quantitative estimate of drug-likeness (QED) is 0.833. The average Bonchev–Trinajstić information content (AvgIpc) is 3.41. The molecule has 1 saturated heterocycles. The van der Waals surface area contributed by atoms with Crippen LogP contribution < -0.4 is 10.9 Å². The molecule has 6 nitrogen and oxygen atoms in total. The maximum Gasteiger partial charge on any atom is 0.349 e. The van der Waals surface area contributed by atoms with Gasteiger partial charge in [0.05, 0.1) is 11.5 Å². The van der Waals surface area contributed by atoms with Gasteiger partial charge >= 0.3 is 5.63 Å². The summed E-state index contributed by atoms with van der Waals surface area (Å²) in [5.41, 5.74) is 1.05. The van der Waals surface area contributed by atoms with Gasteiger partial charge < -0.3 is 14.5 Å². The van der Waals surface area contributed by atoms with Crippen LogP contribution in [0, 0.1) is 18.3 Å². The number of nitriles is 1. The van der Waals surface area contributed by atoms with Crippen LogP contribution in [0.2, 0.25) is 0 Å². The Labute approximate surface area is 169 Å². The molecule has 1 unspecified atom stereocenters. The zero-order chi connectivity index (χ0) is 20.4. The van der Waals surface area contributed by atoms with Crippen molar-refractivity contribution in [2.24, 2.45) is 0 Å². The van der Waals surface area contributed by atoms with Gasteiger partial charge in [-0.15, -0.1) is 0 Å². The van der Waals surface area contributed by atoms with E-state index in [9.17, 15) is 14.9 Å². The Kier molecular flexibility index (Phi) is 5.25. The molecule has 1 aliphatic carbocycles. The Morgan fingerprint density at radius 1 is 1.21 bits per heavy atom. The van der Waals surface area contributed by atoms with E-state index in [1.807, 2.05) is 12.1 Å². The molecule has 1 atom stereocenters. The number of nitrogens with zero attached hydrogens (tertiary/aromatic N) is 1. The summed E-state index contributed by atoms with van der Waals surface area (Å²) in [7, 11) is 0. The standard InChI is InChI=1S/C23H24N2O4/c1-15-13-19(18-5-4-12-28-18)29-22(27)20(15)21(26)25-17-8-6-16(7-9-17)23(14-24)10-2-3-11-23/h6-9,13,18H,2-5,10-12H2,1H3,(H,25,26).